The SMILES string of the molecule is NC1CCCCCCC1.NCCCO. The van der Waals surface area contributed by atoms with Crippen LogP contribution in [0.2, 0.25) is 0 Å². The average molecular weight is 202 g/mol. The summed E-state index contributed by atoms with van der Waals surface area (Å²) in [6.45, 7) is 0.812. The third-order valence-corrected chi connectivity index (χ3v) is 2.51. The Balaban J connectivity index is 0.000000292. The molecule has 1 saturated carbocycles. The van der Waals surface area contributed by atoms with Crippen LogP contribution in [0.5, 0.6) is 0 Å². The van der Waals surface area contributed by atoms with Crippen molar-refractivity contribution in [2.45, 2.75) is 57.4 Å². The molecule has 3 nitrogen and oxygen atoms in total. The van der Waals surface area contributed by atoms with Gasteiger partial charge in [0.15, 0.2) is 0 Å². The molecule has 1 rings (SSSR count). The van der Waals surface area contributed by atoms with Gasteiger partial charge in [-0.3, -0.25) is 0 Å². The van der Waals surface area contributed by atoms with E-state index < -0.39 is 0 Å². The van der Waals surface area contributed by atoms with E-state index in [9.17, 15) is 0 Å². The zero-order valence-corrected chi connectivity index (χ0v) is 9.25. The van der Waals surface area contributed by atoms with Crippen molar-refractivity contribution >= 4 is 0 Å². The van der Waals surface area contributed by atoms with Crippen molar-refractivity contribution in [3.05, 3.63) is 0 Å². The summed E-state index contributed by atoms with van der Waals surface area (Å²) < 4.78 is 0. The molecule has 0 aromatic carbocycles. The lowest BCUT2D eigenvalue weighted by atomic mass is 9.98. The minimum Gasteiger partial charge on any atom is -0.396 e. The highest BCUT2D eigenvalue weighted by Gasteiger charge is 2.04. The average Bonchev–Trinajstić information content (AvgIpc) is 2.14. The van der Waals surface area contributed by atoms with Crippen LogP contribution >= 0.6 is 0 Å². The number of hydrogen-bond acceptors (Lipinski definition) is 3. The maximum Gasteiger partial charge on any atom is 0.0443 e. The maximum atomic E-state index is 7.99. The Bertz CT molecular complexity index is 99.5. The first-order chi connectivity index (χ1) is 6.81. The Morgan fingerprint density at radius 3 is 1.86 bits per heavy atom. The molecule has 3 heteroatoms. The highest BCUT2D eigenvalue weighted by molar-refractivity contribution is 4.64. The Morgan fingerprint density at radius 1 is 1.00 bits per heavy atom. The Labute approximate surface area is 87.9 Å². The fraction of sp³-hybridized carbons (Fsp3) is 1.00. The monoisotopic (exact) mass is 202 g/mol. The van der Waals surface area contributed by atoms with Crippen LogP contribution in [0.1, 0.15) is 51.4 Å². The molecule has 0 aliphatic heterocycles. The van der Waals surface area contributed by atoms with E-state index in [1.165, 1.54) is 44.9 Å². The van der Waals surface area contributed by atoms with Gasteiger partial charge in [-0.05, 0) is 25.8 Å². The minimum absolute atomic E-state index is 0.219. The molecule has 0 spiro atoms. The molecule has 0 heterocycles. The van der Waals surface area contributed by atoms with Crippen molar-refractivity contribution in [2.75, 3.05) is 13.2 Å². The highest BCUT2D eigenvalue weighted by atomic mass is 16.2. The van der Waals surface area contributed by atoms with Crippen molar-refractivity contribution < 1.29 is 5.11 Å². The van der Waals surface area contributed by atoms with Gasteiger partial charge in [-0.1, -0.05) is 32.1 Å². The van der Waals surface area contributed by atoms with Gasteiger partial charge in [-0.15, -0.1) is 0 Å². The molecule has 0 saturated heterocycles. The molecular weight excluding hydrogens is 176 g/mol. The molecule has 1 aliphatic carbocycles. The summed E-state index contributed by atoms with van der Waals surface area (Å²) in [5, 5.41) is 7.99. The number of rotatable bonds is 2. The quantitative estimate of drug-likeness (QED) is 0.633. The van der Waals surface area contributed by atoms with E-state index >= 15 is 0 Å². The largest absolute Gasteiger partial charge is 0.396 e. The smallest absolute Gasteiger partial charge is 0.0443 e. The topological polar surface area (TPSA) is 72.3 Å². The molecule has 1 fully saturated rings. The van der Waals surface area contributed by atoms with Gasteiger partial charge in [0.05, 0.1) is 0 Å². The first-order valence-corrected chi connectivity index (χ1v) is 5.87. The van der Waals surface area contributed by atoms with E-state index in [0.29, 0.717) is 12.6 Å². The zero-order valence-electron chi connectivity index (χ0n) is 9.25. The van der Waals surface area contributed by atoms with E-state index in [4.69, 9.17) is 16.6 Å². The van der Waals surface area contributed by atoms with Crippen LogP contribution in [0.4, 0.5) is 0 Å². The fourth-order valence-corrected chi connectivity index (χ4v) is 1.58. The molecule has 14 heavy (non-hydrogen) atoms. The van der Waals surface area contributed by atoms with Gasteiger partial charge in [0, 0.05) is 12.6 Å². The third-order valence-electron chi connectivity index (χ3n) is 2.51. The van der Waals surface area contributed by atoms with Gasteiger partial charge < -0.3 is 16.6 Å². The molecule has 0 unspecified atom stereocenters. The molecule has 0 bridgehead atoms. The standard InChI is InChI=1S/C8H17N.C3H9NO/c9-8-6-4-2-1-3-5-7-8;4-2-1-3-5/h8H,1-7,9H2;5H,1-4H2. The summed E-state index contributed by atoms with van der Waals surface area (Å²) in [7, 11) is 0. The van der Waals surface area contributed by atoms with Crippen molar-refractivity contribution in [2.24, 2.45) is 11.5 Å². The molecule has 0 aromatic heterocycles. The third kappa shape index (κ3) is 9.96. The molecule has 5 N–H and O–H groups in total. The highest BCUT2D eigenvalue weighted by Crippen LogP contribution is 2.15. The van der Waals surface area contributed by atoms with Crippen molar-refractivity contribution in [1.82, 2.24) is 0 Å². The van der Waals surface area contributed by atoms with Gasteiger partial charge in [-0.2, -0.15) is 0 Å². The van der Waals surface area contributed by atoms with Crippen molar-refractivity contribution in [3.8, 4) is 0 Å². The number of aliphatic hydroxyl groups is 1. The second-order valence-electron chi connectivity index (χ2n) is 3.97. The fourth-order valence-electron chi connectivity index (χ4n) is 1.58. The second-order valence-corrected chi connectivity index (χ2v) is 3.97. The lowest BCUT2D eigenvalue weighted by molar-refractivity contribution is 0.291. The Hall–Kier alpha value is -0.120. The van der Waals surface area contributed by atoms with Crippen molar-refractivity contribution in [3.63, 3.8) is 0 Å². The van der Waals surface area contributed by atoms with Crippen LogP contribution in [-0.2, 0) is 0 Å². The van der Waals surface area contributed by atoms with Crippen LogP contribution in [0, 0.1) is 0 Å². The predicted molar refractivity (Wildman–Crippen MR) is 61.1 cm³/mol. The zero-order chi connectivity index (χ0) is 10.6. The summed E-state index contributed by atoms with van der Waals surface area (Å²) in [6.07, 6.45) is 10.2. The second kappa shape index (κ2) is 11.0. The van der Waals surface area contributed by atoms with E-state index in [0.717, 1.165) is 6.42 Å². The maximum absolute atomic E-state index is 7.99. The van der Waals surface area contributed by atoms with Crippen LogP contribution in [0.3, 0.4) is 0 Å². The van der Waals surface area contributed by atoms with E-state index in [-0.39, 0.29) is 6.61 Å². The number of hydrogen-bond donors (Lipinski definition) is 3. The molecule has 0 atom stereocenters. The summed E-state index contributed by atoms with van der Waals surface area (Å²) in [5.41, 5.74) is 10.8. The van der Waals surface area contributed by atoms with Crippen LogP contribution in [0.15, 0.2) is 0 Å². The number of nitrogens with two attached hydrogens (primary N) is 2. The lowest BCUT2D eigenvalue weighted by Crippen LogP contribution is -2.20. The van der Waals surface area contributed by atoms with E-state index in [1.54, 1.807) is 0 Å². The van der Waals surface area contributed by atoms with Gasteiger partial charge in [-0.25, -0.2) is 0 Å². The molecule has 0 radical (unpaired) electrons. The number of aliphatic hydroxyl groups excluding tert-OH is 1. The van der Waals surface area contributed by atoms with Gasteiger partial charge in [0.25, 0.3) is 0 Å². The Morgan fingerprint density at radius 2 is 1.50 bits per heavy atom. The molecule has 86 valence electrons. The van der Waals surface area contributed by atoms with Crippen LogP contribution in [0.25, 0.3) is 0 Å². The molecule has 0 amide bonds. The lowest BCUT2D eigenvalue weighted by Gasteiger charge is -2.13. The first-order valence-electron chi connectivity index (χ1n) is 5.87. The molecule has 1 aliphatic rings. The van der Waals surface area contributed by atoms with Crippen LogP contribution in [-0.4, -0.2) is 24.3 Å². The van der Waals surface area contributed by atoms with E-state index in [2.05, 4.69) is 0 Å². The Kier molecular flexibility index (Phi) is 10.9. The minimum atomic E-state index is 0.219. The molecule has 0 aromatic rings. The van der Waals surface area contributed by atoms with E-state index in [1.807, 2.05) is 0 Å². The molecular formula is C11H26N2O. The van der Waals surface area contributed by atoms with Gasteiger partial charge in [0.1, 0.15) is 0 Å². The van der Waals surface area contributed by atoms with Gasteiger partial charge >= 0.3 is 0 Å². The van der Waals surface area contributed by atoms with Gasteiger partial charge in [0.2, 0.25) is 0 Å². The summed E-state index contributed by atoms with van der Waals surface area (Å²) in [6, 6.07) is 0.519. The summed E-state index contributed by atoms with van der Waals surface area (Å²) in [5.74, 6) is 0. The normalized spacial score (nSPS) is 19.1. The predicted octanol–water partition coefficient (Wildman–Crippen LogP) is 1.39. The first kappa shape index (κ1) is 13.9. The van der Waals surface area contributed by atoms with Crippen LogP contribution < -0.4 is 11.5 Å². The summed E-state index contributed by atoms with van der Waals surface area (Å²) in [4.78, 5) is 0. The summed E-state index contributed by atoms with van der Waals surface area (Å²) >= 11 is 0. The van der Waals surface area contributed by atoms with Crippen molar-refractivity contribution in [1.29, 1.82) is 0 Å².